The zero-order valence-electron chi connectivity index (χ0n) is 11.8. The fourth-order valence-electron chi connectivity index (χ4n) is 2.17. The summed E-state index contributed by atoms with van der Waals surface area (Å²) >= 11 is 0. The molecule has 21 heavy (non-hydrogen) atoms. The predicted molar refractivity (Wildman–Crippen MR) is 85.6 cm³/mol. The van der Waals surface area contributed by atoms with E-state index in [1.807, 2.05) is 12.1 Å². The van der Waals surface area contributed by atoms with E-state index in [4.69, 9.17) is 10.9 Å². The first-order valence-electron chi connectivity index (χ1n) is 6.59. The summed E-state index contributed by atoms with van der Waals surface area (Å²) in [5, 5.41) is 8.29. The van der Waals surface area contributed by atoms with Crippen LogP contribution in [0.25, 0.3) is 0 Å². The van der Waals surface area contributed by atoms with Crippen molar-refractivity contribution in [3.05, 3.63) is 53.6 Å². The lowest BCUT2D eigenvalue weighted by molar-refractivity contribution is 0.598. The largest absolute Gasteiger partial charge is 0.396 e. The monoisotopic (exact) mass is 305 g/mol. The van der Waals surface area contributed by atoms with Crippen molar-refractivity contribution in [2.75, 3.05) is 17.6 Å². The minimum atomic E-state index is -3.80. The van der Waals surface area contributed by atoms with Crippen molar-refractivity contribution < 1.29 is 8.42 Å². The summed E-state index contributed by atoms with van der Waals surface area (Å²) < 4.78 is 22.8. The van der Waals surface area contributed by atoms with E-state index in [9.17, 15) is 8.42 Å². The first-order valence-corrected chi connectivity index (χ1v) is 8.14. The fraction of sp³-hybridized carbons (Fsp3) is 0.200. The molecule has 0 spiro atoms. The number of hydrogen-bond acceptors (Lipinski definition) is 4. The molecule has 0 bridgehead atoms. The summed E-state index contributed by atoms with van der Waals surface area (Å²) in [5.74, 6) is 0. The van der Waals surface area contributed by atoms with Gasteiger partial charge in [0.25, 0.3) is 0 Å². The highest BCUT2D eigenvalue weighted by Gasteiger charge is 2.14. The van der Waals surface area contributed by atoms with Crippen LogP contribution in [0.5, 0.6) is 0 Å². The number of nitrogens with one attached hydrogen (secondary N) is 1. The van der Waals surface area contributed by atoms with E-state index >= 15 is 0 Å². The van der Waals surface area contributed by atoms with E-state index < -0.39 is 10.0 Å². The van der Waals surface area contributed by atoms with Crippen LogP contribution in [0.2, 0.25) is 0 Å². The van der Waals surface area contributed by atoms with Crippen LogP contribution in [0.15, 0.2) is 47.4 Å². The van der Waals surface area contributed by atoms with Crippen molar-refractivity contribution in [2.24, 2.45) is 5.14 Å². The number of nitrogens with two attached hydrogens (primary N) is 2. The number of aryl methyl sites for hydroxylation is 1. The summed E-state index contributed by atoms with van der Waals surface area (Å²) in [6.45, 7) is 2.72. The Bertz CT molecular complexity index is 742. The van der Waals surface area contributed by atoms with Crippen molar-refractivity contribution in [1.82, 2.24) is 0 Å². The van der Waals surface area contributed by atoms with Crippen LogP contribution in [-0.4, -0.2) is 15.0 Å². The molecule has 0 fully saturated rings. The van der Waals surface area contributed by atoms with Gasteiger partial charge in [0.05, 0.1) is 11.4 Å². The summed E-state index contributed by atoms with van der Waals surface area (Å²) in [7, 11) is -3.80. The van der Waals surface area contributed by atoms with Crippen LogP contribution in [0.1, 0.15) is 11.1 Å². The maximum atomic E-state index is 11.4. The van der Waals surface area contributed by atoms with Gasteiger partial charge in [0.2, 0.25) is 10.0 Å². The zero-order chi connectivity index (χ0) is 15.5. The highest BCUT2D eigenvalue weighted by atomic mass is 32.2. The van der Waals surface area contributed by atoms with E-state index in [0.717, 1.165) is 6.42 Å². The molecule has 0 aliphatic carbocycles. The van der Waals surface area contributed by atoms with E-state index in [1.165, 1.54) is 17.2 Å². The highest BCUT2D eigenvalue weighted by Crippen LogP contribution is 2.25. The molecule has 0 aromatic heterocycles. The molecule has 0 atom stereocenters. The van der Waals surface area contributed by atoms with Crippen LogP contribution in [0, 0.1) is 6.92 Å². The average molecular weight is 305 g/mol. The first-order chi connectivity index (χ1) is 9.89. The van der Waals surface area contributed by atoms with Gasteiger partial charge in [-0.05, 0) is 36.6 Å². The maximum Gasteiger partial charge on any atom is 0.240 e. The number of benzene rings is 2. The Kier molecular flexibility index (Phi) is 4.50. The fourth-order valence-corrected chi connectivity index (χ4v) is 2.85. The molecule has 0 aliphatic rings. The van der Waals surface area contributed by atoms with Gasteiger partial charge in [-0.25, -0.2) is 13.6 Å². The third-order valence-corrected chi connectivity index (χ3v) is 4.31. The molecule has 2 rings (SSSR count). The number of primary sulfonamides is 1. The van der Waals surface area contributed by atoms with Gasteiger partial charge >= 0.3 is 0 Å². The number of rotatable bonds is 5. The quantitative estimate of drug-likeness (QED) is 0.734. The summed E-state index contributed by atoms with van der Waals surface area (Å²) in [5.41, 5.74) is 9.06. The normalized spacial score (nSPS) is 11.3. The van der Waals surface area contributed by atoms with Gasteiger partial charge in [0.15, 0.2) is 0 Å². The lowest BCUT2D eigenvalue weighted by Crippen LogP contribution is -2.16. The second-order valence-electron chi connectivity index (χ2n) is 4.87. The SMILES string of the molecule is Cc1ccccc1CCNc1cccc(S(N)(=O)=O)c1N. The van der Waals surface area contributed by atoms with Gasteiger partial charge in [-0.1, -0.05) is 30.3 Å². The van der Waals surface area contributed by atoms with Crippen LogP contribution in [0.3, 0.4) is 0 Å². The molecular weight excluding hydrogens is 286 g/mol. The molecule has 2 aromatic carbocycles. The lowest BCUT2D eigenvalue weighted by atomic mass is 10.1. The second-order valence-corrected chi connectivity index (χ2v) is 6.40. The summed E-state index contributed by atoms with van der Waals surface area (Å²) in [4.78, 5) is -0.0524. The Balaban J connectivity index is 2.10. The van der Waals surface area contributed by atoms with E-state index in [2.05, 4.69) is 24.4 Å². The highest BCUT2D eigenvalue weighted by molar-refractivity contribution is 7.89. The third-order valence-electron chi connectivity index (χ3n) is 3.34. The van der Waals surface area contributed by atoms with E-state index in [-0.39, 0.29) is 10.6 Å². The van der Waals surface area contributed by atoms with Gasteiger partial charge in [-0.2, -0.15) is 0 Å². The minimum Gasteiger partial charge on any atom is -0.396 e. The van der Waals surface area contributed by atoms with E-state index in [0.29, 0.717) is 12.2 Å². The molecule has 5 N–H and O–H groups in total. The second kappa shape index (κ2) is 6.15. The predicted octanol–water partition coefficient (Wildman–Crippen LogP) is 1.88. The Morgan fingerprint density at radius 3 is 2.48 bits per heavy atom. The number of para-hydroxylation sites is 1. The Hall–Kier alpha value is -2.05. The number of nitrogen functional groups attached to an aromatic ring is 1. The van der Waals surface area contributed by atoms with Crippen molar-refractivity contribution in [3.8, 4) is 0 Å². The van der Waals surface area contributed by atoms with Crippen LogP contribution in [-0.2, 0) is 16.4 Å². The Labute approximate surface area is 125 Å². The van der Waals surface area contributed by atoms with Crippen LogP contribution in [0.4, 0.5) is 11.4 Å². The smallest absolute Gasteiger partial charge is 0.240 e. The Morgan fingerprint density at radius 1 is 1.10 bits per heavy atom. The number of sulfonamides is 1. The van der Waals surface area contributed by atoms with Gasteiger partial charge in [-0.15, -0.1) is 0 Å². The van der Waals surface area contributed by atoms with Crippen molar-refractivity contribution in [3.63, 3.8) is 0 Å². The summed E-state index contributed by atoms with van der Waals surface area (Å²) in [6.07, 6.45) is 0.825. The molecule has 0 heterocycles. The molecule has 0 radical (unpaired) electrons. The molecular formula is C15H19N3O2S. The van der Waals surface area contributed by atoms with E-state index in [1.54, 1.807) is 12.1 Å². The zero-order valence-corrected chi connectivity index (χ0v) is 12.7. The molecule has 0 saturated carbocycles. The number of anilines is 2. The standard InChI is InChI=1S/C15H19N3O2S/c1-11-5-2-3-6-12(11)9-10-18-13-7-4-8-14(15(13)16)21(17,19)20/h2-8,18H,9-10,16H2,1H3,(H2,17,19,20). The molecule has 5 nitrogen and oxygen atoms in total. The maximum absolute atomic E-state index is 11.4. The van der Waals surface area contributed by atoms with Gasteiger partial charge in [-0.3, -0.25) is 0 Å². The molecule has 112 valence electrons. The molecule has 0 amide bonds. The molecule has 0 aliphatic heterocycles. The lowest BCUT2D eigenvalue weighted by Gasteiger charge is -2.12. The van der Waals surface area contributed by atoms with Crippen LogP contribution >= 0.6 is 0 Å². The Morgan fingerprint density at radius 2 is 1.81 bits per heavy atom. The summed E-state index contributed by atoms with van der Waals surface area (Å²) in [6, 6.07) is 12.9. The van der Waals surface area contributed by atoms with Gasteiger partial charge in [0.1, 0.15) is 4.90 Å². The molecule has 2 aromatic rings. The molecule has 6 heteroatoms. The molecule has 0 unspecified atom stereocenters. The van der Waals surface area contributed by atoms with Gasteiger partial charge in [0, 0.05) is 6.54 Å². The minimum absolute atomic E-state index is 0.0524. The topological polar surface area (TPSA) is 98.2 Å². The van der Waals surface area contributed by atoms with Crippen molar-refractivity contribution in [1.29, 1.82) is 0 Å². The van der Waals surface area contributed by atoms with Gasteiger partial charge < -0.3 is 11.1 Å². The van der Waals surface area contributed by atoms with Crippen molar-refractivity contribution >= 4 is 21.4 Å². The molecule has 0 saturated heterocycles. The first kappa shape index (κ1) is 15.3. The number of hydrogen-bond donors (Lipinski definition) is 3. The average Bonchev–Trinajstić information content (AvgIpc) is 2.41. The van der Waals surface area contributed by atoms with Crippen molar-refractivity contribution in [2.45, 2.75) is 18.2 Å². The third kappa shape index (κ3) is 3.74. The van der Waals surface area contributed by atoms with Crippen LogP contribution < -0.4 is 16.2 Å².